The summed E-state index contributed by atoms with van der Waals surface area (Å²) in [5, 5.41) is 0. The molecule has 2 atom stereocenters. The predicted molar refractivity (Wildman–Crippen MR) is 157 cm³/mol. The van der Waals surface area contributed by atoms with Crippen molar-refractivity contribution in [3.8, 4) is 27.9 Å². The Morgan fingerprint density at radius 2 is 0.769 bits per heavy atom. The van der Waals surface area contributed by atoms with Crippen LogP contribution in [0.1, 0.15) is 34.6 Å². The molecule has 1 aromatic heterocycles. The first kappa shape index (κ1) is 20.0. The van der Waals surface area contributed by atoms with Gasteiger partial charge in [-0.1, -0.05) is 91.0 Å². The number of nitrogens with zero attached hydrogens (tertiary/aromatic N) is 3. The molecule has 182 valence electrons. The summed E-state index contributed by atoms with van der Waals surface area (Å²) in [6.45, 7) is 0. The summed E-state index contributed by atoms with van der Waals surface area (Å²) in [6.07, 6.45) is 0. The third-order valence-corrected chi connectivity index (χ3v) is 9.17. The van der Waals surface area contributed by atoms with E-state index < -0.39 is 0 Å². The average Bonchev–Trinajstić information content (AvgIpc) is 3.46. The van der Waals surface area contributed by atoms with Crippen LogP contribution < -0.4 is 9.80 Å². The van der Waals surface area contributed by atoms with Crippen LogP contribution in [0.3, 0.4) is 0 Å². The molecule has 4 aliphatic heterocycles. The van der Waals surface area contributed by atoms with Gasteiger partial charge in [-0.15, -0.1) is 0 Å². The fraction of sp³-hybridized carbons (Fsp3) is 0.0556. The maximum atomic E-state index is 2.59. The lowest BCUT2D eigenvalue weighted by Gasteiger charge is -2.50. The fourth-order valence-electron chi connectivity index (χ4n) is 7.75. The quantitative estimate of drug-likeness (QED) is 0.208. The summed E-state index contributed by atoms with van der Waals surface area (Å²) in [7, 11) is 0. The van der Waals surface area contributed by atoms with Crippen LogP contribution in [0, 0.1) is 0 Å². The minimum atomic E-state index is 0.116. The molecule has 0 saturated carbocycles. The average molecular weight is 498 g/mol. The zero-order valence-electron chi connectivity index (χ0n) is 21.1. The number of para-hydroxylation sites is 3. The van der Waals surface area contributed by atoms with E-state index in [1.807, 2.05) is 0 Å². The van der Waals surface area contributed by atoms with E-state index in [-0.39, 0.29) is 12.1 Å². The SMILES string of the molecule is c1ccc2c(c1)-c1ccccc1N1c3cccc4c3-n3c(ccc3C3c5ccccc5-c5ccccc5N43)C21. The lowest BCUT2D eigenvalue weighted by Crippen LogP contribution is -2.40. The highest BCUT2D eigenvalue weighted by molar-refractivity contribution is 5.98. The molecule has 5 aromatic carbocycles. The van der Waals surface area contributed by atoms with Crippen molar-refractivity contribution >= 4 is 22.7 Å². The molecule has 3 heteroatoms. The van der Waals surface area contributed by atoms with Gasteiger partial charge in [-0.25, -0.2) is 0 Å². The second kappa shape index (κ2) is 6.89. The number of benzene rings is 5. The van der Waals surface area contributed by atoms with Gasteiger partial charge in [0.25, 0.3) is 0 Å². The van der Waals surface area contributed by atoms with E-state index >= 15 is 0 Å². The lowest BCUT2D eigenvalue weighted by molar-refractivity contribution is 0.658. The summed E-state index contributed by atoms with van der Waals surface area (Å²) in [4.78, 5) is 5.17. The summed E-state index contributed by atoms with van der Waals surface area (Å²) in [5.74, 6) is 0. The van der Waals surface area contributed by atoms with Gasteiger partial charge in [0.15, 0.2) is 0 Å². The van der Waals surface area contributed by atoms with Crippen molar-refractivity contribution in [2.24, 2.45) is 0 Å². The third-order valence-electron chi connectivity index (χ3n) is 9.17. The molecule has 0 spiro atoms. The van der Waals surface area contributed by atoms with E-state index in [1.165, 1.54) is 73.2 Å². The molecule has 0 bridgehead atoms. The van der Waals surface area contributed by atoms with Gasteiger partial charge in [-0.2, -0.15) is 0 Å². The normalized spacial score (nSPS) is 18.2. The van der Waals surface area contributed by atoms with Crippen LogP contribution in [0.15, 0.2) is 127 Å². The maximum Gasteiger partial charge on any atom is 0.101 e. The van der Waals surface area contributed by atoms with E-state index in [0.29, 0.717) is 0 Å². The molecule has 39 heavy (non-hydrogen) atoms. The lowest BCUT2D eigenvalue weighted by atomic mass is 9.83. The van der Waals surface area contributed by atoms with Crippen LogP contribution in [-0.4, -0.2) is 4.57 Å². The molecular weight excluding hydrogens is 474 g/mol. The molecule has 2 unspecified atom stereocenters. The van der Waals surface area contributed by atoms with Crippen molar-refractivity contribution in [1.82, 2.24) is 4.57 Å². The minimum absolute atomic E-state index is 0.116. The molecule has 3 nitrogen and oxygen atoms in total. The van der Waals surface area contributed by atoms with Crippen LogP contribution in [-0.2, 0) is 0 Å². The molecule has 0 aliphatic carbocycles. The van der Waals surface area contributed by atoms with E-state index in [0.717, 1.165) is 0 Å². The third kappa shape index (κ3) is 2.27. The molecule has 0 saturated heterocycles. The Bertz CT molecular complexity index is 1880. The minimum Gasteiger partial charge on any atom is -0.326 e. The molecule has 0 radical (unpaired) electrons. The standard InChI is InChI=1S/C36H23N3/c1-3-14-26-22(10-1)24-12-5-7-16-28(24)37-30-18-9-19-31-36(30)39-32(34(26)37)20-21-33(39)35-27-15-4-2-11-23(27)25-13-6-8-17-29(25)38(31)35/h1-21,34-35H. The van der Waals surface area contributed by atoms with Gasteiger partial charge >= 0.3 is 0 Å². The largest absolute Gasteiger partial charge is 0.326 e. The Morgan fingerprint density at radius 3 is 1.28 bits per heavy atom. The van der Waals surface area contributed by atoms with Crippen LogP contribution >= 0.6 is 0 Å². The Hall–Kier alpha value is -5.02. The Kier molecular flexibility index (Phi) is 3.53. The van der Waals surface area contributed by atoms with E-state index in [4.69, 9.17) is 0 Å². The topological polar surface area (TPSA) is 11.4 Å². The Morgan fingerprint density at radius 1 is 0.359 bits per heavy atom. The number of fused-ring (bicyclic) bond motifs is 16. The van der Waals surface area contributed by atoms with Crippen molar-refractivity contribution < 1.29 is 0 Å². The smallest absolute Gasteiger partial charge is 0.101 e. The molecule has 4 aliphatic rings. The molecule has 0 N–H and O–H groups in total. The Balaban J connectivity index is 1.34. The van der Waals surface area contributed by atoms with Crippen molar-refractivity contribution in [2.45, 2.75) is 12.1 Å². The maximum absolute atomic E-state index is 2.59. The van der Waals surface area contributed by atoms with E-state index in [9.17, 15) is 0 Å². The first-order chi connectivity index (χ1) is 19.4. The second-order valence-corrected chi connectivity index (χ2v) is 10.9. The second-order valence-electron chi connectivity index (χ2n) is 10.9. The number of hydrogen-bond donors (Lipinski definition) is 0. The van der Waals surface area contributed by atoms with Crippen LogP contribution in [0.4, 0.5) is 22.7 Å². The van der Waals surface area contributed by atoms with Gasteiger partial charge in [-0.3, -0.25) is 0 Å². The zero-order chi connectivity index (χ0) is 25.2. The molecule has 0 amide bonds. The number of rotatable bonds is 0. The molecule has 6 aromatic rings. The highest BCUT2D eigenvalue weighted by Gasteiger charge is 2.46. The van der Waals surface area contributed by atoms with Crippen LogP contribution in [0.5, 0.6) is 0 Å². The first-order valence-electron chi connectivity index (χ1n) is 13.7. The summed E-state index contributed by atoms with van der Waals surface area (Å²) >= 11 is 0. The van der Waals surface area contributed by atoms with Crippen molar-refractivity contribution in [3.63, 3.8) is 0 Å². The number of hydrogen-bond acceptors (Lipinski definition) is 2. The van der Waals surface area contributed by atoms with Crippen molar-refractivity contribution in [2.75, 3.05) is 9.80 Å². The van der Waals surface area contributed by atoms with Crippen LogP contribution in [0.2, 0.25) is 0 Å². The monoisotopic (exact) mass is 497 g/mol. The van der Waals surface area contributed by atoms with Gasteiger partial charge in [0.1, 0.15) is 12.1 Å². The van der Waals surface area contributed by atoms with E-state index in [2.05, 4.69) is 142 Å². The van der Waals surface area contributed by atoms with Gasteiger partial charge in [0, 0.05) is 11.1 Å². The highest BCUT2D eigenvalue weighted by atomic mass is 15.3. The van der Waals surface area contributed by atoms with Gasteiger partial charge in [-0.05, 0) is 58.7 Å². The van der Waals surface area contributed by atoms with Gasteiger partial charge < -0.3 is 14.4 Å². The van der Waals surface area contributed by atoms with Crippen molar-refractivity contribution in [3.05, 3.63) is 150 Å². The molecule has 0 fully saturated rings. The molecule has 5 heterocycles. The summed E-state index contributed by atoms with van der Waals surface area (Å²) in [5.41, 5.74) is 17.0. The molecular formula is C36H23N3. The van der Waals surface area contributed by atoms with Crippen LogP contribution in [0.25, 0.3) is 27.9 Å². The molecule has 10 rings (SSSR count). The summed E-state index contributed by atoms with van der Waals surface area (Å²) in [6, 6.07) is 47.6. The number of anilines is 4. The van der Waals surface area contributed by atoms with Crippen molar-refractivity contribution in [1.29, 1.82) is 0 Å². The summed E-state index contributed by atoms with van der Waals surface area (Å²) < 4.78 is 2.59. The zero-order valence-corrected chi connectivity index (χ0v) is 21.1. The first-order valence-corrected chi connectivity index (χ1v) is 13.7. The fourth-order valence-corrected chi connectivity index (χ4v) is 7.75. The highest BCUT2D eigenvalue weighted by Crippen LogP contribution is 2.61. The van der Waals surface area contributed by atoms with E-state index in [1.54, 1.807) is 0 Å². The van der Waals surface area contributed by atoms with Gasteiger partial charge in [0.2, 0.25) is 0 Å². The Labute approximate surface area is 226 Å². The number of aromatic nitrogens is 1. The van der Waals surface area contributed by atoms with Gasteiger partial charge in [0.05, 0.1) is 39.8 Å². The predicted octanol–water partition coefficient (Wildman–Crippen LogP) is 8.92.